The van der Waals surface area contributed by atoms with Crippen molar-refractivity contribution in [2.45, 2.75) is 32.1 Å². The molecular formula is C20H21N3O2. The summed E-state index contributed by atoms with van der Waals surface area (Å²) >= 11 is 0. The van der Waals surface area contributed by atoms with Crippen LogP contribution in [0.1, 0.15) is 47.6 Å². The molecule has 2 aromatic heterocycles. The number of amides is 1. The van der Waals surface area contributed by atoms with Crippen molar-refractivity contribution in [1.29, 1.82) is 0 Å². The number of nitrogens with zero attached hydrogens (tertiary/aromatic N) is 3. The minimum Gasteiger partial charge on any atom is -0.351 e. The maximum atomic E-state index is 12.7. The number of aryl methyl sites for hydroxylation is 1. The fourth-order valence-electron chi connectivity index (χ4n) is 3.46. The highest BCUT2D eigenvalue weighted by atomic mass is 16.5. The van der Waals surface area contributed by atoms with Crippen molar-refractivity contribution >= 4 is 16.7 Å². The van der Waals surface area contributed by atoms with Crippen LogP contribution in [0.2, 0.25) is 0 Å². The molecule has 0 saturated carbocycles. The molecule has 0 spiro atoms. The van der Waals surface area contributed by atoms with Crippen LogP contribution in [0.25, 0.3) is 10.8 Å². The van der Waals surface area contributed by atoms with E-state index in [1.807, 2.05) is 30.2 Å². The Morgan fingerprint density at radius 2 is 2.12 bits per heavy atom. The molecule has 1 aromatic carbocycles. The summed E-state index contributed by atoms with van der Waals surface area (Å²) in [5.41, 5.74) is 1.87. The first kappa shape index (κ1) is 15.8. The average Bonchev–Trinajstić information content (AvgIpc) is 3.16. The van der Waals surface area contributed by atoms with Crippen LogP contribution < -0.4 is 0 Å². The van der Waals surface area contributed by atoms with Gasteiger partial charge in [0.05, 0.1) is 5.69 Å². The summed E-state index contributed by atoms with van der Waals surface area (Å²) in [4.78, 5) is 19.2. The van der Waals surface area contributed by atoms with E-state index in [9.17, 15) is 4.79 Å². The molecule has 1 fully saturated rings. The number of likely N-dealkylation sites (tertiary alicyclic amines) is 1. The molecule has 1 atom stereocenters. The summed E-state index contributed by atoms with van der Waals surface area (Å²) in [6.07, 6.45) is 4.71. The molecule has 1 saturated heterocycles. The molecule has 5 nitrogen and oxygen atoms in total. The first-order valence-corrected chi connectivity index (χ1v) is 8.84. The third-order valence-electron chi connectivity index (χ3n) is 4.91. The summed E-state index contributed by atoms with van der Waals surface area (Å²) in [5, 5.41) is 6.26. The average molecular weight is 335 g/mol. The van der Waals surface area contributed by atoms with E-state index in [1.54, 1.807) is 6.07 Å². The highest BCUT2D eigenvalue weighted by molar-refractivity contribution is 5.91. The second-order valence-corrected chi connectivity index (χ2v) is 6.58. The molecule has 128 valence electrons. The predicted octanol–water partition coefficient (Wildman–Crippen LogP) is 3.81. The van der Waals surface area contributed by atoms with Crippen LogP contribution in [0, 0.1) is 0 Å². The minimum atomic E-state index is -0.0716. The van der Waals surface area contributed by atoms with Crippen LogP contribution in [-0.2, 0) is 6.42 Å². The summed E-state index contributed by atoms with van der Waals surface area (Å²) in [7, 11) is 0. The van der Waals surface area contributed by atoms with Gasteiger partial charge in [-0.05, 0) is 30.7 Å². The van der Waals surface area contributed by atoms with Crippen LogP contribution in [-0.4, -0.2) is 34.0 Å². The molecule has 1 amide bonds. The lowest BCUT2D eigenvalue weighted by atomic mass is 9.93. The Balaban J connectivity index is 1.54. The number of carbonyl (C=O) groups excluding carboxylic acids is 1. The molecule has 1 aliphatic rings. The lowest BCUT2D eigenvalue weighted by Crippen LogP contribution is -2.39. The number of carbonyl (C=O) groups is 1. The topological polar surface area (TPSA) is 59.2 Å². The molecular weight excluding hydrogens is 314 g/mol. The van der Waals surface area contributed by atoms with Crippen LogP contribution in [0.5, 0.6) is 0 Å². The standard InChI is InChI=1S/C20H21N3O2/c1-2-17-11-19(25-22-17)20(24)23-9-5-8-16(13-23)18-10-14-6-3-4-7-15(14)12-21-18/h3-4,6-7,10-12,16H,2,5,8-9,13H2,1H3/t16-/m0/s1. The van der Waals surface area contributed by atoms with Crippen LogP contribution in [0.3, 0.4) is 0 Å². The van der Waals surface area contributed by atoms with E-state index in [4.69, 9.17) is 4.52 Å². The normalized spacial score (nSPS) is 17.8. The van der Waals surface area contributed by atoms with Gasteiger partial charge in [0.2, 0.25) is 5.76 Å². The van der Waals surface area contributed by atoms with Gasteiger partial charge in [0, 0.05) is 42.4 Å². The van der Waals surface area contributed by atoms with Crippen LogP contribution in [0.4, 0.5) is 0 Å². The van der Waals surface area contributed by atoms with Crippen molar-refractivity contribution in [3.63, 3.8) is 0 Å². The van der Waals surface area contributed by atoms with E-state index < -0.39 is 0 Å². The van der Waals surface area contributed by atoms with Gasteiger partial charge in [-0.1, -0.05) is 36.3 Å². The molecule has 0 radical (unpaired) electrons. The molecule has 0 N–H and O–H groups in total. The number of aromatic nitrogens is 2. The molecule has 0 unspecified atom stereocenters. The van der Waals surface area contributed by atoms with Crippen molar-refractivity contribution in [2.24, 2.45) is 0 Å². The van der Waals surface area contributed by atoms with E-state index in [0.717, 1.165) is 42.6 Å². The van der Waals surface area contributed by atoms with E-state index >= 15 is 0 Å². The lowest BCUT2D eigenvalue weighted by molar-refractivity contribution is 0.0664. The van der Waals surface area contributed by atoms with Crippen molar-refractivity contribution in [2.75, 3.05) is 13.1 Å². The Morgan fingerprint density at radius 3 is 2.92 bits per heavy atom. The fraction of sp³-hybridized carbons (Fsp3) is 0.350. The highest BCUT2D eigenvalue weighted by Gasteiger charge is 2.28. The van der Waals surface area contributed by atoms with Gasteiger partial charge < -0.3 is 9.42 Å². The molecule has 1 aliphatic heterocycles. The quantitative estimate of drug-likeness (QED) is 0.730. The Hall–Kier alpha value is -2.69. The second-order valence-electron chi connectivity index (χ2n) is 6.58. The maximum Gasteiger partial charge on any atom is 0.292 e. The first-order chi connectivity index (χ1) is 12.2. The van der Waals surface area contributed by atoms with Gasteiger partial charge in [-0.2, -0.15) is 0 Å². The van der Waals surface area contributed by atoms with Gasteiger partial charge >= 0.3 is 0 Å². The SMILES string of the molecule is CCc1cc(C(=O)N2CCC[C@H](c3cc4ccccc4cn3)C2)on1. The highest BCUT2D eigenvalue weighted by Crippen LogP contribution is 2.28. The van der Waals surface area contributed by atoms with E-state index in [1.165, 1.54) is 5.39 Å². The van der Waals surface area contributed by atoms with Crippen molar-refractivity contribution < 1.29 is 9.32 Å². The number of piperidine rings is 1. The number of fused-ring (bicyclic) bond motifs is 1. The second kappa shape index (κ2) is 6.67. The number of hydrogen-bond donors (Lipinski definition) is 0. The zero-order valence-electron chi connectivity index (χ0n) is 14.3. The number of benzene rings is 1. The van der Waals surface area contributed by atoms with Crippen molar-refractivity contribution in [3.8, 4) is 0 Å². The Kier molecular flexibility index (Phi) is 4.22. The van der Waals surface area contributed by atoms with Crippen LogP contribution in [0.15, 0.2) is 47.1 Å². The van der Waals surface area contributed by atoms with E-state index in [0.29, 0.717) is 12.3 Å². The van der Waals surface area contributed by atoms with Gasteiger partial charge in [-0.3, -0.25) is 9.78 Å². The zero-order valence-corrected chi connectivity index (χ0v) is 14.3. The fourth-order valence-corrected chi connectivity index (χ4v) is 3.46. The lowest BCUT2D eigenvalue weighted by Gasteiger charge is -2.31. The predicted molar refractivity (Wildman–Crippen MR) is 95.5 cm³/mol. The maximum absolute atomic E-state index is 12.7. The van der Waals surface area contributed by atoms with Gasteiger partial charge in [0.15, 0.2) is 0 Å². The van der Waals surface area contributed by atoms with Crippen molar-refractivity contribution in [1.82, 2.24) is 15.0 Å². The first-order valence-electron chi connectivity index (χ1n) is 8.84. The van der Waals surface area contributed by atoms with Gasteiger partial charge in [0.1, 0.15) is 0 Å². The third kappa shape index (κ3) is 3.14. The minimum absolute atomic E-state index is 0.0716. The van der Waals surface area contributed by atoms with E-state index in [-0.39, 0.29) is 11.8 Å². The Labute approximate surface area is 146 Å². The summed E-state index contributed by atoms with van der Waals surface area (Å²) in [6, 6.07) is 12.1. The third-order valence-corrected chi connectivity index (χ3v) is 4.91. The van der Waals surface area contributed by atoms with Gasteiger partial charge in [-0.15, -0.1) is 0 Å². The Bertz CT molecular complexity index is 903. The molecule has 25 heavy (non-hydrogen) atoms. The zero-order chi connectivity index (χ0) is 17.2. The number of hydrogen-bond acceptors (Lipinski definition) is 4. The summed E-state index contributed by atoms with van der Waals surface area (Å²) in [6.45, 7) is 3.42. The molecule has 3 heterocycles. The smallest absolute Gasteiger partial charge is 0.292 e. The molecule has 0 aliphatic carbocycles. The van der Waals surface area contributed by atoms with Crippen LogP contribution >= 0.6 is 0 Å². The van der Waals surface area contributed by atoms with Gasteiger partial charge in [-0.25, -0.2) is 0 Å². The number of pyridine rings is 1. The summed E-state index contributed by atoms with van der Waals surface area (Å²) < 4.78 is 5.21. The molecule has 4 rings (SSSR count). The van der Waals surface area contributed by atoms with Gasteiger partial charge in [0.25, 0.3) is 5.91 Å². The van der Waals surface area contributed by atoms with Crippen molar-refractivity contribution in [3.05, 3.63) is 59.7 Å². The molecule has 3 aromatic rings. The summed E-state index contributed by atoms with van der Waals surface area (Å²) in [5.74, 6) is 0.525. The molecule has 0 bridgehead atoms. The van der Waals surface area contributed by atoms with E-state index in [2.05, 4.69) is 28.3 Å². The Morgan fingerprint density at radius 1 is 1.28 bits per heavy atom. The largest absolute Gasteiger partial charge is 0.351 e. The number of rotatable bonds is 3. The molecule has 5 heteroatoms. The monoisotopic (exact) mass is 335 g/mol.